The zero-order valence-electron chi connectivity index (χ0n) is 16.8. The Hall–Kier alpha value is -3.19. The van der Waals surface area contributed by atoms with Gasteiger partial charge in [0, 0.05) is 66.0 Å². The molecule has 0 amide bonds. The molecular weight excluding hydrogens is 394 g/mol. The topological polar surface area (TPSA) is 65.1 Å². The summed E-state index contributed by atoms with van der Waals surface area (Å²) in [6.07, 6.45) is 8.08. The Balaban J connectivity index is 1.26. The zero-order valence-corrected chi connectivity index (χ0v) is 17.7. The van der Waals surface area contributed by atoms with Crippen LogP contribution in [0, 0.1) is 0 Å². The molecule has 7 heteroatoms. The van der Waals surface area contributed by atoms with Gasteiger partial charge in [0.05, 0.1) is 5.39 Å². The number of piperazine rings is 1. The molecule has 0 saturated carbocycles. The van der Waals surface area contributed by atoms with Gasteiger partial charge in [0.2, 0.25) is 0 Å². The molecule has 5 rings (SSSR count). The van der Waals surface area contributed by atoms with Crippen LogP contribution in [-0.4, -0.2) is 51.8 Å². The molecule has 1 N–H and O–H groups in total. The molecule has 0 bridgehead atoms. The average Bonchev–Trinajstić information content (AvgIpc) is 3.41. The lowest BCUT2D eigenvalue weighted by Crippen LogP contribution is -2.44. The Morgan fingerprint density at radius 1 is 1.17 bits per heavy atom. The summed E-state index contributed by atoms with van der Waals surface area (Å²) in [5, 5.41) is 2.12. The molecule has 1 aromatic carbocycles. The molecule has 1 saturated heterocycles. The molecule has 6 nitrogen and oxygen atoms in total. The minimum Gasteiger partial charge on any atom is -0.374 e. The highest BCUT2D eigenvalue weighted by Gasteiger charge is 2.19. The number of allylic oxidation sites excluding steroid dienone is 1. The third-order valence-electron chi connectivity index (χ3n) is 5.61. The van der Waals surface area contributed by atoms with Crippen LogP contribution in [0.25, 0.3) is 21.1 Å². The van der Waals surface area contributed by atoms with E-state index in [0.717, 1.165) is 59.5 Å². The number of aromatic nitrogens is 3. The van der Waals surface area contributed by atoms with Gasteiger partial charge in [0.1, 0.15) is 17.0 Å². The normalized spacial score (nSPS) is 15.0. The van der Waals surface area contributed by atoms with Crippen molar-refractivity contribution in [2.45, 2.75) is 13.3 Å². The molecular formula is C23H23N5OS. The molecule has 1 aliphatic rings. The Bertz CT molecular complexity index is 1230. The van der Waals surface area contributed by atoms with E-state index in [0.29, 0.717) is 5.56 Å². The van der Waals surface area contributed by atoms with Gasteiger partial charge < -0.3 is 14.8 Å². The number of carbonyl (C=O) groups is 1. The highest BCUT2D eigenvalue weighted by atomic mass is 32.1. The number of aryl methyl sites for hydroxylation is 1. The van der Waals surface area contributed by atoms with Gasteiger partial charge in [0.25, 0.3) is 0 Å². The fraction of sp³-hybridized carbons (Fsp3) is 0.261. The first-order valence-electron chi connectivity index (χ1n) is 10.2. The number of ketones is 1. The van der Waals surface area contributed by atoms with Crippen LogP contribution < -0.4 is 4.90 Å². The van der Waals surface area contributed by atoms with Crippen molar-refractivity contribution in [1.82, 2.24) is 19.9 Å². The lowest BCUT2D eigenvalue weighted by atomic mass is 10.1. The summed E-state index contributed by atoms with van der Waals surface area (Å²) in [5.74, 6) is 1.05. The first kappa shape index (κ1) is 18.8. The maximum atomic E-state index is 12.7. The molecule has 4 heterocycles. The van der Waals surface area contributed by atoms with E-state index in [2.05, 4.69) is 37.7 Å². The number of H-pyrrole nitrogens is 1. The first-order chi connectivity index (χ1) is 14.7. The summed E-state index contributed by atoms with van der Waals surface area (Å²) in [6.45, 7) is 5.62. The van der Waals surface area contributed by atoms with Crippen LogP contribution in [0.4, 0.5) is 5.82 Å². The van der Waals surface area contributed by atoms with Gasteiger partial charge in [-0.05, 0) is 18.6 Å². The van der Waals surface area contributed by atoms with Crippen molar-refractivity contribution in [2.75, 3.05) is 31.1 Å². The molecule has 1 fully saturated rings. The predicted molar refractivity (Wildman–Crippen MR) is 122 cm³/mol. The quantitative estimate of drug-likeness (QED) is 0.388. The number of anilines is 1. The van der Waals surface area contributed by atoms with Crippen molar-refractivity contribution in [1.29, 1.82) is 0 Å². The minimum absolute atomic E-state index is 0.0257. The third-order valence-corrected chi connectivity index (χ3v) is 6.80. The van der Waals surface area contributed by atoms with Gasteiger partial charge in [-0.2, -0.15) is 0 Å². The SMILES string of the molecule is CCc1cc2c(N3CCN(C=CC(=O)c4c[nH]c5ccccc45)CC3)ncnc2s1. The van der Waals surface area contributed by atoms with Crippen molar-refractivity contribution in [3.05, 3.63) is 65.6 Å². The van der Waals surface area contributed by atoms with E-state index in [1.165, 1.54) is 4.88 Å². The van der Waals surface area contributed by atoms with Gasteiger partial charge in [-0.1, -0.05) is 25.1 Å². The largest absolute Gasteiger partial charge is 0.374 e. The van der Waals surface area contributed by atoms with Crippen molar-refractivity contribution in [3.63, 3.8) is 0 Å². The molecule has 152 valence electrons. The predicted octanol–water partition coefficient (Wildman–Crippen LogP) is 4.25. The minimum atomic E-state index is 0.0257. The smallest absolute Gasteiger partial charge is 0.189 e. The second-order valence-corrected chi connectivity index (χ2v) is 8.55. The molecule has 30 heavy (non-hydrogen) atoms. The Morgan fingerprint density at radius 2 is 2.00 bits per heavy atom. The van der Waals surface area contributed by atoms with Crippen LogP contribution in [0.1, 0.15) is 22.2 Å². The van der Waals surface area contributed by atoms with E-state index in [4.69, 9.17) is 0 Å². The fourth-order valence-electron chi connectivity index (χ4n) is 3.94. The summed E-state index contributed by atoms with van der Waals surface area (Å²) in [6, 6.07) is 10.1. The van der Waals surface area contributed by atoms with E-state index < -0.39 is 0 Å². The van der Waals surface area contributed by atoms with Gasteiger partial charge in [-0.3, -0.25) is 4.79 Å². The maximum Gasteiger partial charge on any atom is 0.189 e. The summed E-state index contributed by atoms with van der Waals surface area (Å²) in [7, 11) is 0. The molecule has 0 radical (unpaired) electrons. The lowest BCUT2D eigenvalue weighted by molar-refractivity contribution is 0.104. The van der Waals surface area contributed by atoms with Gasteiger partial charge in [-0.25, -0.2) is 9.97 Å². The first-order valence-corrected chi connectivity index (χ1v) is 11.1. The number of fused-ring (bicyclic) bond motifs is 2. The summed E-state index contributed by atoms with van der Waals surface area (Å²) in [4.78, 5) is 31.8. The summed E-state index contributed by atoms with van der Waals surface area (Å²) < 4.78 is 0. The monoisotopic (exact) mass is 417 g/mol. The molecule has 0 atom stereocenters. The standard InChI is InChI=1S/C23H23N5OS/c1-2-16-13-18-22(25-15-26-23(18)30-16)28-11-9-27(10-12-28)8-7-21(29)19-14-24-20-6-4-3-5-17(19)20/h3-8,13-15,24H,2,9-12H2,1H3. The highest BCUT2D eigenvalue weighted by molar-refractivity contribution is 7.18. The summed E-state index contributed by atoms with van der Waals surface area (Å²) >= 11 is 1.75. The van der Waals surface area contributed by atoms with E-state index in [1.54, 1.807) is 29.9 Å². The van der Waals surface area contributed by atoms with E-state index in [9.17, 15) is 4.79 Å². The number of aromatic amines is 1. The van der Waals surface area contributed by atoms with Crippen molar-refractivity contribution in [2.24, 2.45) is 0 Å². The number of nitrogens with one attached hydrogen (secondary N) is 1. The van der Waals surface area contributed by atoms with Crippen LogP contribution in [0.3, 0.4) is 0 Å². The molecule has 1 aliphatic heterocycles. The van der Waals surface area contributed by atoms with Crippen LogP contribution in [0.2, 0.25) is 0 Å². The number of nitrogens with zero attached hydrogens (tertiary/aromatic N) is 4. The molecule has 0 spiro atoms. The molecule has 0 unspecified atom stereocenters. The Kier molecular flexibility index (Phi) is 4.96. The second-order valence-electron chi connectivity index (χ2n) is 7.43. The fourth-order valence-corrected chi connectivity index (χ4v) is 4.87. The Morgan fingerprint density at radius 3 is 2.83 bits per heavy atom. The molecule has 0 aliphatic carbocycles. The van der Waals surface area contributed by atoms with E-state index >= 15 is 0 Å². The van der Waals surface area contributed by atoms with Gasteiger partial charge in [-0.15, -0.1) is 11.3 Å². The van der Waals surface area contributed by atoms with Crippen LogP contribution in [0.15, 0.2) is 55.1 Å². The third kappa shape index (κ3) is 3.45. The van der Waals surface area contributed by atoms with Crippen LogP contribution in [-0.2, 0) is 6.42 Å². The average molecular weight is 418 g/mol. The van der Waals surface area contributed by atoms with Crippen molar-refractivity contribution >= 4 is 44.1 Å². The number of hydrogen-bond donors (Lipinski definition) is 1. The second kappa shape index (κ2) is 7.91. The number of hydrogen-bond acceptors (Lipinski definition) is 6. The van der Waals surface area contributed by atoms with Crippen LogP contribution >= 0.6 is 11.3 Å². The zero-order chi connectivity index (χ0) is 20.5. The van der Waals surface area contributed by atoms with Gasteiger partial charge >= 0.3 is 0 Å². The number of thiophene rings is 1. The van der Waals surface area contributed by atoms with Crippen molar-refractivity contribution in [3.8, 4) is 0 Å². The number of para-hydroxylation sites is 1. The maximum absolute atomic E-state index is 12.7. The van der Waals surface area contributed by atoms with E-state index in [-0.39, 0.29) is 5.78 Å². The number of rotatable bonds is 5. The number of carbonyl (C=O) groups excluding carboxylic acids is 1. The number of benzene rings is 1. The molecule has 3 aromatic heterocycles. The summed E-state index contributed by atoms with van der Waals surface area (Å²) in [5.41, 5.74) is 1.70. The molecule has 4 aromatic rings. The Labute approximate surface area is 178 Å². The highest BCUT2D eigenvalue weighted by Crippen LogP contribution is 2.31. The van der Waals surface area contributed by atoms with Gasteiger partial charge in [0.15, 0.2) is 5.78 Å². The van der Waals surface area contributed by atoms with Crippen molar-refractivity contribution < 1.29 is 4.79 Å². The van der Waals surface area contributed by atoms with E-state index in [1.807, 2.05) is 30.5 Å². The van der Waals surface area contributed by atoms with Crippen LogP contribution in [0.5, 0.6) is 0 Å². The lowest BCUT2D eigenvalue weighted by Gasteiger charge is -2.35.